The van der Waals surface area contributed by atoms with Gasteiger partial charge in [-0.3, -0.25) is 4.79 Å². The van der Waals surface area contributed by atoms with Gasteiger partial charge in [0.1, 0.15) is 11.6 Å². The molecule has 7 heteroatoms. The van der Waals surface area contributed by atoms with Gasteiger partial charge in [-0.1, -0.05) is 12.1 Å². The van der Waals surface area contributed by atoms with Crippen LogP contribution in [0.5, 0.6) is 5.75 Å². The van der Waals surface area contributed by atoms with E-state index in [1.165, 1.54) is 5.56 Å². The topological polar surface area (TPSA) is 70.6 Å². The number of hydrogen-bond acceptors (Lipinski definition) is 6. The number of aryl methyl sites for hydroxylation is 1. The fourth-order valence-corrected chi connectivity index (χ4v) is 4.46. The van der Waals surface area contributed by atoms with Crippen molar-refractivity contribution >= 4 is 11.7 Å². The average molecular weight is 410 g/mol. The molecule has 4 rings (SSSR count). The maximum atomic E-state index is 13.0. The maximum absolute atomic E-state index is 13.0. The third-order valence-corrected chi connectivity index (χ3v) is 6.17. The molecule has 2 aliphatic heterocycles. The molecule has 3 heterocycles. The number of aromatic nitrogens is 2. The van der Waals surface area contributed by atoms with E-state index in [2.05, 4.69) is 17.3 Å². The quantitative estimate of drug-likeness (QED) is 0.791. The minimum atomic E-state index is -0.0296. The van der Waals surface area contributed by atoms with Crippen LogP contribution in [0.3, 0.4) is 0 Å². The molecule has 7 nitrogen and oxygen atoms in total. The monoisotopic (exact) mass is 409 g/mol. The van der Waals surface area contributed by atoms with Crippen LogP contribution in [0, 0.1) is 0 Å². The summed E-state index contributed by atoms with van der Waals surface area (Å²) in [6.07, 6.45) is 4.09. The Morgan fingerprint density at radius 2 is 2.03 bits per heavy atom. The predicted molar refractivity (Wildman–Crippen MR) is 117 cm³/mol. The van der Waals surface area contributed by atoms with E-state index in [1.807, 2.05) is 36.2 Å². The molecule has 1 aromatic carbocycles. The Kier molecular flexibility index (Phi) is 6.18. The van der Waals surface area contributed by atoms with Gasteiger partial charge in [0.25, 0.3) is 0 Å². The molecule has 1 saturated heterocycles. The normalized spacial score (nSPS) is 18.9. The largest absolute Gasteiger partial charge is 0.497 e. The van der Waals surface area contributed by atoms with Gasteiger partial charge >= 0.3 is 0 Å². The molecule has 1 amide bonds. The van der Waals surface area contributed by atoms with Crippen LogP contribution in [0.1, 0.15) is 47.9 Å². The minimum absolute atomic E-state index is 0.0296. The summed E-state index contributed by atoms with van der Waals surface area (Å²) in [5.74, 6) is 2.71. The molecule has 2 aliphatic rings. The molecule has 1 aromatic heterocycles. The standard InChI is InChI=1S/C23H31N5O2/c1-24-22-18-12-14-27(2)15-19(18)25-23(26-22)20-5-4-13-28(20)21(29)11-8-16-6-9-17(30-3)10-7-16/h6-7,9-10,20H,4-5,8,11-15H2,1-3H3,(H,24,25,26). The zero-order valence-electron chi connectivity index (χ0n) is 18.1. The summed E-state index contributed by atoms with van der Waals surface area (Å²) in [5, 5.41) is 3.25. The van der Waals surface area contributed by atoms with Gasteiger partial charge in [0.15, 0.2) is 5.82 Å². The summed E-state index contributed by atoms with van der Waals surface area (Å²) >= 11 is 0. The number of nitrogens with one attached hydrogen (secondary N) is 1. The molecule has 0 spiro atoms. The van der Waals surface area contributed by atoms with Crippen molar-refractivity contribution in [2.75, 3.05) is 39.6 Å². The van der Waals surface area contributed by atoms with Crippen LogP contribution < -0.4 is 10.1 Å². The zero-order chi connectivity index (χ0) is 21.1. The predicted octanol–water partition coefficient (Wildman–Crippen LogP) is 2.81. The van der Waals surface area contributed by atoms with Crippen LogP contribution in [-0.4, -0.2) is 60.0 Å². The third kappa shape index (κ3) is 4.26. The second kappa shape index (κ2) is 9.00. The van der Waals surface area contributed by atoms with Gasteiger partial charge < -0.3 is 19.9 Å². The number of benzene rings is 1. The minimum Gasteiger partial charge on any atom is -0.497 e. The lowest BCUT2D eigenvalue weighted by Gasteiger charge is -2.28. The Morgan fingerprint density at radius 1 is 1.23 bits per heavy atom. The lowest BCUT2D eigenvalue weighted by Crippen LogP contribution is -2.33. The Bertz CT molecular complexity index is 899. The summed E-state index contributed by atoms with van der Waals surface area (Å²) in [6, 6.07) is 7.90. The molecule has 2 aromatic rings. The summed E-state index contributed by atoms with van der Waals surface area (Å²) < 4.78 is 5.21. The lowest BCUT2D eigenvalue weighted by molar-refractivity contribution is -0.132. The third-order valence-electron chi connectivity index (χ3n) is 6.17. The van der Waals surface area contributed by atoms with Crippen LogP contribution in [0.4, 0.5) is 5.82 Å². The number of anilines is 1. The van der Waals surface area contributed by atoms with E-state index in [4.69, 9.17) is 14.7 Å². The highest BCUT2D eigenvalue weighted by molar-refractivity contribution is 5.77. The van der Waals surface area contributed by atoms with E-state index >= 15 is 0 Å². The highest BCUT2D eigenvalue weighted by atomic mass is 16.5. The fraction of sp³-hybridized carbons (Fsp3) is 0.522. The second-order valence-corrected chi connectivity index (χ2v) is 8.19. The molecule has 0 aliphatic carbocycles. The van der Waals surface area contributed by atoms with E-state index in [0.717, 1.165) is 74.0 Å². The van der Waals surface area contributed by atoms with Gasteiger partial charge in [0, 0.05) is 38.7 Å². The second-order valence-electron chi connectivity index (χ2n) is 8.19. The smallest absolute Gasteiger partial charge is 0.223 e. The van der Waals surface area contributed by atoms with E-state index in [1.54, 1.807) is 7.11 Å². The van der Waals surface area contributed by atoms with Crippen LogP contribution >= 0.6 is 0 Å². The first kappa shape index (κ1) is 20.6. The number of hydrogen-bond donors (Lipinski definition) is 1. The summed E-state index contributed by atoms with van der Waals surface area (Å²) in [6.45, 7) is 2.63. The molecular formula is C23H31N5O2. The highest BCUT2D eigenvalue weighted by Gasteiger charge is 2.33. The Balaban J connectivity index is 1.48. The van der Waals surface area contributed by atoms with E-state index in [0.29, 0.717) is 6.42 Å². The average Bonchev–Trinajstić information content (AvgIpc) is 3.27. The molecule has 1 atom stereocenters. The number of likely N-dealkylation sites (N-methyl/N-ethyl adjacent to an activating group) is 1. The number of carbonyl (C=O) groups excluding carboxylic acids is 1. The summed E-state index contributed by atoms with van der Waals surface area (Å²) in [4.78, 5) is 27.1. The van der Waals surface area contributed by atoms with Crippen molar-refractivity contribution < 1.29 is 9.53 Å². The number of methoxy groups -OCH3 is 1. The Morgan fingerprint density at radius 3 is 2.77 bits per heavy atom. The lowest BCUT2D eigenvalue weighted by atomic mass is 10.0. The van der Waals surface area contributed by atoms with E-state index < -0.39 is 0 Å². The van der Waals surface area contributed by atoms with Crippen molar-refractivity contribution in [3.8, 4) is 5.75 Å². The number of rotatable bonds is 6. The molecule has 1 unspecified atom stereocenters. The van der Waals surface area contributed by atoms with Gasteiger partial charge in [-0.05, 0) is 50.4 Å². The first-order valence-electron chi connectivity index (χ1n) is 10.8. The summed E-state index contributed by atoms with van der Waals surface area (Å²) in [7, 11) is 5.69. The van der Waals surface area contributed by atoms with Crippen LogP contribution in [0.15, 0.2) is 24.3 Å². The Hall–Kier alpha value is -2.67. The molecular weight excluding hydrogens is 378 g/mol. The first-order valence-corrected chi connectivity index (χ1v) is 10.8. The van der Waals surface area contributed by atoms with E-state index in [-0.39, 0.29) is 11.9 Å². The number of amides is 1. The van der Waals surface area contributed by atoms with Gasteiger partial charge in [-0.15, -0.1) is 0 Å². The fourth-order valence-electron chi connectivity index (χ4n) is 4.46. The summed E-state index contributed by atoms with van der Waals surface area (Å²) in [5.41, 5.74) is 3.45. The molecule has 1 N–H and O–H groups in total. The van der Waals surface area contributed by atoms with Crippen molar-refractivity contribution in [1.29, 1.82) is 0 Å². The van der Waals surface area contributed by atoms with Crippen molar-refractivity contribution in [1.82, 2.24) is 19.8 Å². The number of nitrogens with zero attached hydrogens (tertiary/aromatic N) is 4. The van der Waals surface area contributed by atoms with Gasteiger partial charge in [0.05, 0.1) is 18.8 Å². The molecule has 0 bridgehead atoms. The van der Waals surface area contributed by atoms with Crippen molar-refractivity contribution in [3.05, 3.63) is 46.9 Å². The number of carbonyl (C=O) groups is 1. The number of likely N-dealkylation sites (tertiary alicyclic amines) is 1. The Labute approximate surface area is 178 Å². The van der Waals surface area contributed by atoms with Gasteiger partial charge in [-0.25, -0.2) is 9.97 Å². The molecule has 1 fully saturated rings. The van der Waals surface area contributed by atoms with Gasteiger partial charge in [-0.2, -0.15) is 0 Å². The first-order chi connectivity index (χ1) is 14.6. The van der Waals surface area contributed by atoms with Crippen LogP contribution in [0.2, 0.25) is 0 Å². The van der Waals surface area contributed by atoms with Crippen LogP contribution in [0.25, 0.3) is 0 Å². The zero-order valence-corrected chi connectivity index (χ0v) is 18.1. The molecule has 0 saturated carbocycles. The number of fused-ring (bicyclic) bond motifs is 1. The molecule has 160 valence electrons. The molecule has 0 radical (unpaired) electrons. The maximum Gasteiger partial charge on any atom is 0.223 e. The van der Waals surface area contributed by atoms with Crippen molar-refractivity contribution in [3.63, 3.8) is 0 Å². The molecule has 30 heavy (non-hydrogen) atoms. The number of ether oxygens (including phenoxy) is 1. The van der Waals surface area contributed by atoms with Crippen LogP contribution in [-0.2, 0) is 24.2 Å². The van der Waals surface area contributed by atoms with E-state index in [9.17, 15) is 4.79 Å². The SMILES string of the molecule is CNc1nc(C2CCCN2C(=O)CCc2ccc(OC)cc2)nc2c1CCN(C)C2. The highest BCUT2D eigenvalue weighted by Crippen LogP contribution is 2.33. The van der Waals surface area contributed by atoms with Gasteiger partial charge in [0.2, 0.25) is 5.91 Å². The van der Waals surface area contributed by atoms with Crippen molar-refractivity contribution in [2.45, 2.75) is 44.7 Å². The van der Waals surface area contributed by atoms with Crippen molar-refractivity contribution in [2.24, 2.45) is 0 Å².